The lowest BCUT2D eigenvalue weighted by Crippen LogP contribution is -2.38. The number of aryl methyl sites for hydroxylation is 2. The van der Waals surface area contributed by atoms with Gasteiger partial charge in [-0.05, 0) is 56.9 Å². The topological polar surface area (TPSA) is 32.3 Å². The summed E-state index contributed by atoms with van der Waals surface area (Å²) in [5.74, 6) is 0.388. The summed E-state index contributed by atoms with van der Waals surface area (Å²) in [6.07, 6.45) is 0. The molecule has 0 atom stereocenters. The van der Waals surface area contributed by atoms with E-state index in [2.05, 4.69) is 75.2 Å². The van der Waals surface area contributed by atoms with Crippen LogP contribution in [0, 0.1) is 13.8 Å². The van der Waals surface area contributed by atoms with E-state index in [9.17, 15) is 4.79 Å². The highest BCUT2D eigenvalue weighted by Crippen LogP contribution is 2.27. The van der Waals surface area contributed by atoms with Gasteiger partial charge in [-0.15, -0.1) is 0 Å². The first-order valence-electron chi connectivity index (χ1n) is 9.02. The van der Waals surface area contributed by atoms with Crippen molar-refractivity contribution in [3.8, 4) is 0 Å². The van der Waals surface area contributed by atoms with Crippen LogP contribution in [0.1, 0.15) is 50.3 Å². The first kappa shape index (κ1) is 19.0. The summed E-state index contributed by atoms with van der Waals surface area (Å²) in [5.41, 5.74) is 5.53. The number of hydrogen-bond donors (Lipinski definition) is 1. The first-order chi connectivity index (χ1) is 11.8. The number of nitrogens with one attached hydrogen (secondary N) is 1. The Balaban J connectivity index is 2.19. The van der Waals surface area contributed by atoms with E-state index in [0.717, 1.165) is 16.9 Å². The van der Waals surface area contributed by atoms with Gasteiger partial charge in [-0.2, -0.15) is 0 Å². The minimum absolute atomic E-state index is 0.0190. The molecule has 0 aromatic heterocycles. The quantitative estimate of drug-likeness (QED) is 0.777. The predicted octanol–water partition coefficient (Wildman–Crippen LogP) is 5.28. The van der Waals surface area contributed by atoms with Crippen molar-refractivity contribution in [2.75, 3.05) is 16.8 Å². The number of amides is 1. The molecule has 2 rings (SSSR count). The molecule has 0 fully saturated rings. The second-order valence-electron chi connectivity index (χ2n) is 7.30. The van der Waals surface area contributed by atoms with Crippen molar-refractivity contribution < 1.29 is 4.79 Å². The van der Waals surface area contributed by atoms with Crippen LogP contribution in [0.3, 0.4) is 0 Å². The molecule has 0 unspecified atom stereocenters. The van der Waals surface area contributed by atoms with Crippen LogP contribution < -0.4 is 10.2 Å². The molecular weight excluding hydrogens is 308 g/mol. The summed E-state index contributed by atoms with van der Waals surface area (Å²) in [7, 11) is 0. The molecule has 0 bridgehead atoms. The number of benzene rings is 2. The Kier molecular flexibility index (Phi) is 6.24. The molecular formula is C22H30N2O. The van der Waals surface area contributed by atoms with E-state index < -0.39 is 0 Å². The zero-order valence-electron chi connectivity index (χ0n) is 16.3. The van der Waals surface area contributed by atoms with E-state index in [1.807, 2.05) is 19.1 Å². The Morgan fingerprint density at radius 3 is 2.20 bits per heavy atom. The molecule has 0 aliphatic rings. The van der Waals surface area contributed by atoms with Crippen LogP contribution >= 0.6 is 0 Å². The van der Waals surface area contributed by atoms with Gasteiger partial charge in [0.15, 0.2) is 0 Å². The van der Waals surface area contributed by atoms with Crippen molar-refractivity contribution in [2.24, 2.45) is 0 Å². The highest BCUT2D eigenvalue weighted by Gasteiger charge is 2.17. The first-order valence-corrected chi connectivity index (χ1v) is 9.02. The largest absolute Gasteiger partial charge is 0.360 e. The molecule has 0 saturated heterocycles. The predicted molar refractivity (Wildman–Crippen MR) is 108 cm³/mol. The summed E-state index contributed by atoms with van der Waals surface area (Å²) in [4.78, 5) is 14.9. The molecule has 25 heavy (non-hydrogen) atoms. The van der Waals surface area contributed by atoms with Gasteiger partial charge in [-0.3, -0.25) is 4.79 Å². The average Bonchev–Trinajstić information content (AvgIpc) is 2.55. The highest BCUT2D eigenvalue weighted by molar-refractivity contribution is 5.95. The number of carbonyl (C=O) groups excluding carboxylic acids is 1. The van der Waals surface area contributed by atoms with Gasteiger partial charge in [0.2, 0.25) is 5.91 Å². The Morgan fingerprint density at radius 1 is 1.00 bits per heavy atom. The molecule has 3 nitrogen and oxygen atoms in total. The molecule has 134 valence electrons. The van der Waals surface area contributed by atoms with Crippen LogP contribution in [0.2, 0.25) is 0 Å². The molecule has 0 heterocycles. The van der Waals surface area contributed by atoms with Gasteiger partial charge in [0.05, 0.1) is 6.54 Å². The van der Waals surface area contributed by atoms with Crippen molar-refractivity contribution in [2.45, 2.75) is 53.5 Å². The van der Waals surface area contributed by atoms with Crippen LogP contribution in [0.5, 0.6) is 0 Å². The zero-order valence-corrected chi connectivity index (χ0v) is 16.3. The molecule has 3 heteroatoms. The average molecular weight is 338 g/mol. The van der Waals surface area contributed by atoms with Crippen LogP contribution in [0.25, 0.3) is 0 Å². The standard InChI is InChI=1S/C22H30N2O/c1-15(2)20-9-7-8-18(6)22(20)23-21(25)14-24(16(3)4)19-12-10-17(5)11-13-19/h7-13,15-16H,14H2,1-6H3,(H,23,25). The second kappa shape index (κ2) is 8.19. The van der Waals surface area contributed by atoms with Crippen molar-refractivity contribution in [3.63, 3.8) is 0 Å². The molecule has 0 aliphatic heterocycles. The fraction of sp³-hybridized carbons (Fsp3) is 0.409. The molecule has 2 aromatic rings. The molecule has 0 spiro atoms. The lowest BCUT2D eigenvalue weighted by Gasteiger charge is -2.29. The van der Waals surface area contributed by atoms with E-state index >= 15 is 0 Å². The van der Waals surface area contributed by atoms with Gasteiger partial charge in [-0.1, -0.05) is 49.7 Å². The van der Waals surface area contributed by atoms with Gasteiger partial charge < -0.3 is 10.2 Å². The third-order valence-corrected chi connectivity index (χ3v) is 4.49. The van der Waals surface area contributed by atoms with E-state index in [-0.39, 0.29) is 11.9 Å². The second-order valence-corrected chi connectivity index (χ2v) is 7.30. The lowest BCUT2D eigenvalue weighted by atomic mass is 9.98. The fourth-order valence-corrected chi connectivity index (χ4v) is 2.98. The Hall–Kier alpha value is -2.29. The van der Waals surface area contributed by atoms with Crippen LogP contribution in [0.4, 0.5) is 11.4 Å². The minimum atomic E-state index is 0.0190. The summed E-state index contributed by atoms with van der Waals surface area (Å²) in [6, 6.07) is 14.8. The third-order valence-electron chi connectivity index (χ3n) is 4.49. The maximum Gasteiger partial charge on any atom is 0.243 e. The summed E-state index contributed by atoms with van der Waals surface area (Å²) in [6.45, 7) is 13.0. The van der Waals surface area contributed by atoms with Gasteiger partial charge in [-0.25, -0.2) is 0 Å². The highest BCUT2D eigenvalue weighted by atomic mass is 16.2. The molecule has 0 radical (unpaired) electrons. The summed E-state index contributed by atoms with van der Waals surface area (Å²) < 4.78 is 0. The fourth-order valence-electron chi connectivity index (χ4n) is 2.98. The maximum absolute atomic E-state index is 12.7. The van der Waals surface area contributed by atoms with Gasteiger partial charge in [0.1, 0.15) is 0 Å². The SMILES string of the molecule is Cc1ccc(N(CC(=O)Nc2c(C)cccc2C(C)C)C(C)C)cc1. The van der Waals surface area contributed by atoms with E-state index in [1.54, 1.807) is 0 Å². The van der Waals surface area contributed by atoms with Gasteiger partial charge >= 0.3 is 0 Å². The number of carbonyl (C=O) groups is 1. The molecule has 1 amide bonds. The van der Waals surface area contributed by atoms with Crippen molar-refractivity contribution in [3.05, 3.63) is 59.2 Å². The normalized spacial score (nSPS) is 11.0. The monoisotopic (exact) mass is 338 g/mol. The van der Waals surface area contributed by atoms with E-state index in [4.69, 9.17) is 0 Å². The molecule has 2 aromatic carbocycles. The number of anilines is 2. The third kappa shape index (κ3) is 4.85. The van der Waals surface area contributed by atoms with Crippen LogP contribution in [-0.4, -0.2) is 18.5 Å². The number of nitrogens with zero attached hydrogens (tertiary/aromatic N) is 1. The van der Waals surface area contributed by atoms with Crippen molar-refractivity contribution in [1.29, 1.82) is 0 Å². The number of rotatable bonds is 6. The molecule has 0 aliphatic carbocycles. The van der Waals surface area contributed by atoms with Crippen LogP contribution in [-0.2, 0) is 4.79 Å². The molecule has 1 N–H and O–H groups in total. The van der Waals surface area contributed by atoms with Gasteiger partial charge in [0.25, 0.3) is 0 Å². The zero-order chi connectivity index (χ0) is 18.6. The van der Waals surface area contributed by atoms with E-state index in [1.165, 1.54) is 11.1 Å². The summed E-state index contributed by atoms with van der Waals surface area (Å²) >= 11 is 0. The van der Waals surface area contributed by atoms with E-state index in [0.29, 0.717) is 12.5 Å². The van der Waals surface area contributed by atoms with Gasteiger partial charge in [0, 0.05) is 17.4 Å². The van der Waals surface area contributed by atoms with Crippen LogP contribution in [0.15, 0.2) is 42.5 Å². The minimum Gasteiger partial charge on any atom is -0.360 e. The molecule has 0 saturated carbocycles. The Morgan fingerprint density at radius 2 is 1.64 bits per heavy atom. The van der Waals surface area contributed by atoms with Crippen molar-refractivity contribution in [1.82, 2.24) is 0 Å². The number of hydrogen-bond acceptors (Lipinski definition) is 2. The van der Waals surface area contributed by atoms with Crippen molar-refractivity contribution >= 4 is 17.3 Å². The Labute approximate surface area is 152 Å². The lowest BCUT2D eigenvalue weighted by molar-refractivity contribution is -0.115. The smallest absolute Gasteiger partial charge is 0.243 e. The summed E-state index contributed by atoms with van der Waals surface area (Å²) in [5, 5.41) is 3.15. The maximum atomic E-state index is 12.7. The Bertz CT molecular complexity index is 717. The number of para-hydroxylation sites is 1.